The minimum atomic E-state index is -0.502. The lowest BCUT2D eigenvalue weighted by Gasteiger charge is -2.18. The maximum Gasteiger partial charge on any atom is 0.408 e. The molecule has 0 atom stereocenters. The fraction of sp³-hybridized carbons (Fsp3) is 0.385. The molecule has 0 aromatic carbocycles. The normalized spacial score (nSPS) is 10.2. The smallest absolute Gasteiger partial charge is 0.408 e. The van der Waals surface area contributed by atoms with Gasteiger partial charge in [0, 0.05) is 11.8 Å². The molecular weight excluding hydrogens is 252 g/mol. The van der Waals surface area contributed by atoms with Gasteiger partial charge in [-0.2, -0.15) is 0 Å². The average molecular weight is 267 g/mol. The van der Waals surface area contributed by atoms with Crippen LogP contribution in [0, 0.1) is 11.8 Å². The van der Waals surface area contributed by atoms with E-state index in [9.17, 15) is 4.79 Å². The van der Waals surface area contributed by atoms with Gasteiger partial charge >= 0.3 is 6.09 Å². The number of rotatable bonds is 1. The number of nitrogens with zero attached hydrogens (tertiary/aromatic N) is 1. The first-order chi connectivity index (χ1) is 8.37. The summed E-state index contributed by atoms with van der Waals surface area (Å²) in [5.74, 6) is 5.64. The van der Waals surface area contributed by atoms with Gasteiger partial charge in [-0.3, -0.25) is 0 Å². The lowest BCUT2D eigenvalue weighted by molar-refractivity contribution is 0.0535. The third-order valence-electron chi connectivity index (χ3n) is 1.68. The summed E-state index contributed by atoms with van der Waals surface area (Å²) >= 11 is 5.64. The molecule has 4 nitrogen and oxygen atoms in total. The first kappa shape index (κ1) is 14.3. The topological polar surface area (TPSA) is 51.2 Å². The van der Waals surface area contributed by atoms with E-state index in [2.05, 4.69) is 22.1 Å². The van der Waals surface area contributed by atoms with Crippen LogP contribution in [0.4, 0.5) is 4.79 Å². The van der Waals surface area contributed by atoms with Crippen molar-refractivity contribution in [2.45, 2.75) is 26.4 Å². The van der Waals surface area contributed by atoms with E-state index >= 15 is 0 Å². The molecule has 1 aromatic heterocycles. The van der Waals surface area contributed by atoms with Crippen LogP contribution in [0.15, 0.2) is 18.3 Å². The highest BCUT2D eigenvalue weighted by Gasteiger charge is 2.14. The molecule has 1 rings (SSSR count). The summed E-state index contributed by atoms with van der Waals surface area (Å²) in [4.78, 5) is 15.2. The minimum absolute atomic E-state index is 0.220. The van der Waals surface area contributed by atoms with E-state index < -0.39 is 11.7 Å². The van der Waals surface area contributed by atoms with Gasteiger partial charge in [-0.15, -0.1) is 0 Å². The van der Waals surface area contributed by atoms with Crippen molar-refractivity contribution in [1.82, 2.24) is 10.3 Å². The lowest BCUT2D eigenvalue weighted by Crippen LogP contribution is -2.32. The third-order valence-corrected chi connectivity index (χ3v) is 1.90. The first-order valence-electron chi connectivity index (χ1n) is 5.44. The molecule has 0 aliphatic heterocycles. The van der Waals surface area contributed by atoms with Gasteiger partial charge in [0.25, 0.3) is 0 Å². The van der Waals surface area contributed by atoms with Gasteiger partial charge in [-0.25, -0.2) is 9.78 Å². The van der Waals surface area contributed by atoms with E-state index in [1.807, 2.05) is 0 Å². The van der Waals surface area contributed by atoms with Crippen LogP contribution in [0.25, 0.3) is 0 Å². The lowest BCUT2D eigenvalue weighted by atomic mass is 10.2. The highest BCUT2D eigenvalue weighted by Crippen LogP contribution is 2.06. The van der Waals surface area contributed by atoms with Crippen molar-refractivity contribution in [1.29, 1.82) is 0 Å². The average Bonchev–Trinajstić information content (AvgIpc) is 2.24. The van der Waals surface area contributed by atoms with Crippen molar-refractivity contribution >= 4 is 17.7 Å². The number of aromatic nitrogens is 1. The summed E-state index contributed by atoms with van der Waals surface area (Å²) in [6.45, 7) is 5.63. The van der Waals surface area contributed by atoms with Gasteiger partial charge in [0.2, 0.25) is 0 Å². The van der Waals surface area contributed by atoms with Crippen molar-refractivity contribution in [2.24, 2.45) is 0 Å². The van der Waals surface area contributed by atoms with E-state index in [1.165, 1.54) is 0 Å². The molecule has 5 heteroatoms. The molecule has 0 aliphatic carbocycles. The monoisotopic (exact) mass is 266 g/mol. The Kier molecular flexibility index (Phi) is 4.99. The first-order valence-corrected chi connectivity index (χ1v) is 5.82. The van der Waals surface area contributed by atoms with Gasteiger partial charge in [-0.1, -0.05) is 23.4 Å². The third kappa shape index (κ3) is 6.12. The summed E-state index contributed by atoms with van der Waals surface area (Å²) in [7, 11) is 0. The fourth-order valence-electron chi connectivity index (χ4n) is 1.03. The van der Waals surface area contributed by atoms with Crippen LogP contribution >= 0.6 is 11.6 Å². The Balaban J connectivity index is 2.38. The number of ether oxygens (including phenoxy) is 1. The van der Waals surface area contributed by atoms with Gasteiger partial charge in [0.15, 0.2) is 0 Å². The van der Waals surface area contributed by atoms with Crippen molar-refractivity contribution < 1.29 is 9.53 Å². The second-order valence-electron chi connectivity index (χ2n) is 4.53. The zero-order chi connectivity index (χ0) is 13.6. The van der Waals surface area contributed by atoms with Crippen LogP contribution < -0.4 is 5.32 Å². The molecular formula is C13H15ClN2O2. The SMILES string of the molecule is CC(C)(C)OC(=O)NCC#Cc1ccc(Cl)nc1. The molecule has 0 saturated carbocycles. The van der Waals surface area contributed by atoms with Gasteiger partial charge < -0.3 is 10.1 Å². The summed E-state index contributed by atoms with van der Waals surface area (Å²) in [6.07, 6.45) is 1.09. The van der Waals surface area contributed by atoms with Crippen LogP contribution in [-0.2, 0) is 4.74 Å². The predicted molar refractivity (Wildman–Crippen MR) is 70.4 cm³/mol. The molecule has 0 spiro atoms. The molecule has 0 saturated heterocycles. The molecule has 1 N–H and O–H groups in total. The molecule has 1 amide bonds. The van der Waals surface area contributed by atoms with E-state index in [-0.39, 0.29) is 6.54 Å². The van der Waals surface area contributed by atoms with Crippen LogP contribution in [0.5, 0.6) is 0 Å². The number of carbonyl (C=O) groups excluding carboxylic acids is 1. The molecule has 1 heterocycles. The number of pyridine rings is 1. The highest BCUT2D eigenvalue weighted by atomic mass is 35.5. The number of carbonyl (C=O) groups is 1. The van der Waals surface area contributed by atoms with Crippen LogP contribution in [-0.4, -0.2) is 23.2 Å². The summed E-state index contributed by atoms with van der Waals surface area (Å²) in [5.41, 5.74) is 0.239. The molecule has 0 unspecified atom stereocenters. The largest absolute Gasteiger partial charge is 0.444 e. The molecule has 0 bridgehead atoms. The standard InChI is InChI=1S/C13H15ClN2O2/c1-13(2,3)18-12(17)15-8-4-5-10-6-7-11(14)16-9-10/h6-7,9H,8H2,1-3H3,(H,15,17). The van der Waals surface area contributed by atoms with Crippen molar-refractivity contribution in [2.75, 3.05) is 6.54 Å². The second-order valence-corrected chi connectivity index (χ2v) is 4.91. The van der Waals surface area contributed by atoms with Crippen molar-refractivity contribution in [3.63, 3.8) is 0 Å². The molecule has 0 aliphatic rings. The quantitative estimate of drug-likeness (QED) is 0.628. The summed E-state index contributed by atoms with van der Waals surface area (Å²) in [5, 5.41) is 2.96. The fourth-order valence-corrected chi connectivity index (χ4v) is 1.14. The Bertz CT molecular complexity index is 466. The second kappa shape index (κ2) is 6.27. The maximum absolute atomic E-state index is 11.3. The molecule has 18 heavy (non-hydrogen) atoms. The van der Waals surface area contributed by atoms with Crippen LogP contribution in [0.2, 0.25) is 5.15 Å². The van der Waals surface area contributed by atoms with E-state index in [1.54, 1.807) is 39.1 Å². The van der Waals surface area contributed by atoms with Gasteiger partial charge in [-0.05, 0) is 32.9 Å². The number of hydrogen-bond acceptors (Lipinski definition) is 3. The summed E-state index contributed by atoms with van der Waals surface area (Å²) < 4.78 is 5.06. The predicted octanol–water partition coefficient (Wildman–Crippen LogP) is 2.61. The van der Waals surface area contributed by atoms with Crippen LogP contribution in [0.3, 0.4) is 0 Å². The molecule has 0 radical (unpaired) electrons. The van der Waals surface area contributed by atoms with Gasteiger partial charge in [0.1, 0.15) is 10.8 Å². The Morgan fingerprint density at radius 3 is 2.78 bits per heavy atom. The van der Waals surface area contributed by atoms with E-state index in [4.69, 9.17) is 16.3 Å². The van der Waals surface area contributed by atoms with Crippen LogP contribution in [0.1, 0.15) is 26.3 Å². The van der Waals surface area contributed by atoms with Crippen molar-refractivity contribution in [3.05, 3.63) is 29.0 Å². The summed E-state index contributed by atoms with van der Waals surface area (Å²) in [6, 6.07) is 3.42. The van der Waals surface area contributed by atoms with Gasteiger partial charge in [0.05, 0.1) is 6.54 Å². The number of hydrogen-bond donors (Lipinski definition) is 1. The maximum atomic E-state index is 11.3. The van der Waals surface area contributed by atoms with Crippen molar-refractivity contribution in [3.8, 4) is 11.8 Å². The number of alkyl carbamates (subject to hydrolysis) is 1. The zero-order valence-corrected chi connectivity index (χ0v) is 11.3. The number of amides is 1. The Morgan fingerprint density at radius 2 is 2.22 bits per heavy atom. The number of nitrogens with one attached hydrogen (secondary N) is 1. The molecule has 0 fully saturated rings. The van der Waals surface area contributed by atoms with E-state index in [0.717, 1.165) is 5.56 Å². The highest BCUT2D eigenvalue weighted by molar-refractivity contribution is 6.29. The molecule has 1 aromatic rings. The Labute approximate surface area is 112 Å². The Hall–Kier alpha value is -1.73. The minimum Gasteiger partial charge on any atom is -0.444 e. The molecule has 96 valence electrons. The number of halogens is 1. The van der Waals surface area contributed by atoms with E-state index in [0.29, 0.717) is 5.15 Å². The Morgan fingerprint density at radius 1 is 1.50 bits per heavy atom. The zero-order valence-electron chi connectivity index (χ0n) is 10.6.